The van der Waals surface area contributed by atoms with E-state index in [1.807, 2.05) is 39.3 Å². The van der Waals surface area contributed by atoms with E-state index >= 15 is 0 Å². The zero-order chi connectivity index (χ0) is 18.7. The quantitative estimate of drug-likeness (QED) is 0.814. The topological polar surface area (TPSA) is 78.2 Å². The van der Waals surface area contributed by atoms with Crippen molar-refractivity contribution in [1.82, 2.24) is 19.7 Å². The van der Waals surface area contributed by atoms with Crippen molar-refractivity contribution in [1.29, 1.82) is 0 Å². The Labute approximate surface area is 148 Å². The van der Waals surface area contributed by atoms with Crippen LogP contribution < -0.4 is 5.32 Å². The Bertz CT molecular complexity index is 789. The van der Waals surface area contributed by atoms with Crippen molar-refractivity contribution in [2.75, 3.05) is 6.61 Å². The minimum absolute atomic E-state index is 0.118. The van der Waals surface area contributed by atoms with Crippen molar-refractivity contribution in [3.8, 4) is 0 Å². The number of nitrogens with one attached hydrogen (secondary N) is 1. The average molecular weight is 346 g/mol. The van der Waals surface area contributed by atoms with Crippen LogP contribution in [0.15, 0.2) is 12.3 Å². The fourth-order valence-electron chi connectivity index (χ4n) is 2.91. The van der Waals surface area contributed by atoms with Crippen LogP contribution in [-0.4, -0.2) is 32.8 Å². The summed E-state index contributed by atoms with van der Waals surface area (Å²) in [7, 11) is 1.87. The highest BCUT2D eigenvalue weighted by atomic mass is 16.5. The zero-order valence-corrected chi connectivity index (χ0v) is 15.7. The van der Waals surface area contributed by atoms with Crippen LogP contribution in [0.5, 0.6) is 0 Å². The number of ether oxygens (including phenoxy) is 1. The first-order valence-electron chi connectivity index (χ1n) is 8.37. The molecule has 0 aliphatic rings. The molecule has 1 amide bonds. The fourth-order valence-corrected chi connectivity index (χ4v) is 2.91. The number of rotatable bonds is 6. The van der Waals surface area contributed by atoms with Gasteiger partial charge in [0.1, 0.15) is 6.54 Å². The van der Waals surface area contributed by atoms with E-state index in [0.717, 1.165) is 22.6 Å². The maximum atomic E-state index is 12.4. The highest BCUT2D eigenvalue weighted by Gasteiger charge is 2.19. The van der Waals surface area contributed by atoms with Crippen molar-refractivity contribution in [3.05, 3.63) is 40.5 Å². The van der Waals surface area contributed by atoms with E-state index in [1.54, 1.807) is 23.9 Å². The monoisotopic (exact) mass is 346 g/mol. The number of carbonyl (C=O) groups excluding carboxylic acids is 2. The lowest BCUT2D eigenvalue weighted by Crippen LogP contribution is -2.31. The van der Waals surface area contributed by atoms with E-state index in [-0.39, 0.29) is 24.5 Å². The van der Waals surface area contributed by atoms with Crippen LogP contribution >= 0.6 is 0 Å². The van der Waals surface area contributed by atoms with Crippen molar-refractivity contribution in [2.24, 2.45) is 7.05 Å². The molecule has 1 atom stereocenters. The van der Waals surface area contributed by atoms with Gasteiger partial charge in [0, 0.05) is 29.7 Å². The van der Waals surface area contributed by atoms with Gasteiger partial charge in [0.05, 0.1) is 24.4 Å². The summed E-state index contributed by atoms with van der Waals surface area (Å²) in [5, 5.41) is 7.19. The second kappa shape index (κ2) is 7.55. The minimum atomic E-state index is -0.360. The van der Waals surface area contributed by atoms with Gasteiger partial charge in [0.25, 0.3) is 0 Å². The Balaban J connectivity index is 2.10. The van der Waals surface area contributed by atoms with Gasteiger partial charge in [-0.25, -0.2) is 4.79 Å². The molecule has 0 saturated heterocycles. The molecular formula is C18H26N4O3. The second-order valence-corrected chi connectivity index (χ2v) is 6.19. The Morgan fingerprint density at radius 3 is 2.52 bits per heavy atom. The third kappa shape index (κ3) is 3.92. The third-order valence-electron chi connectivity index (χ3n) is 4.49. The van der Waals surface area contributed by atoms with Crippen LogP contribution in [0, 0.1) is 20.8 Å². The van der Waals surface area contributed by atoms with Crippen LogP contribution in [0.1, 0.15) is 52.9 Å². The van der Waals surface area contributed by atoms with Crippen LogP contribution in [0.3, 0.4) is 0 Å². The SMILES string of the molecule is CCOC(=O)c1cc(C)n(CC(=O)NC(C)c2cnn(C)c2C)c1C. The molecule has 0 bridgehead atoms. The largest absolute Gasteiger partial charge is 0.462 e. The van der Waals surface area contributed by atoms with Gasteiger partial charge < -0.3 is 14.6 Å². The standard InChI is InChI=1S/C18H26N4O3/c1-7-25-18(24)15-8-11(2)22(14(15)5)10-17(23)20-12(3)16-9-19-21(6)13(16)4/h8-9,12H,7,10H2,1-6H3,(H,20,23). The van der Waals surface area contributed by atoms with E-state index in [9.17, 15) is 9.59 Å². The first-order chi connectivity index (χ1) is 11.8. The Morgan fingerprint density at radius 1 is 1.28 bits per heavy atom. The molecule has 2 aromatic heterocycles. The third-order valence-corrected chi connectivity index (χ3v) is 4.49. The van der Waals surface area contributed by atoms with Gasteiger partial charge in [-0.2, -0.15) is 5.10 Å². The maximum absolute atomic E-state index is 12.4. The molecule has 2 aromatic rings. The number of esters is 1. The Kier molecular flexibility index (Phi) is 5.66. The van der Waals surface area contributed by atoms with Gasteiger partial charge in [-0.15, -0.1) is 0 Å². The summed E-state index contributed by atoms with van der Waals surface area (Å²) in [5.41, 5.74) is 4.09. The molecule has 25 heavy (non-hydrogen) atoms. The summed E-state index contributed by atoms with van der Waals surface area (Å²) < 4.78 is 8.66. The molecule has 1 unspecified atom stereocenters. The molecule has 0 fully saturated rings. The van der Waals surface area contributed by atoms with E-state index in [4.69, 9.17) is 4.74 Å². The second-order valence-electron chi connectivity index (χ2n) is 6.19. The summed E-state index contributed by atoms with van der Waals surface area (Å²) in [6.07, 6.45) is 1.77. The van der Waals surface area contributed by atoms with Crippen molar-refractivity contribution in [3.63, 3.8) is 0 Å². The molecule has 7 nitrogen and oxygen atoms in total. The molecule has 2 heterocycles. The number of aromatic nitrogens is 3. The Morgan fingerprint density at radius 2 is 1.96 bits per heavy atom. The van der Waals surface area contributed by atoms with Crippen LogP contribution in [0.25, 0.3) is 0 Å². The molecule has 0 spiro atoms. The summed E-state index contributed by atoms with van der Waals surface area (Å²) in [6, 6.07) is 1.62. The summed E-state index contributed by atoms with van der Waals surface area (Å²) in [6.45, 7) is 9.84. The summed E-state index contributed by atoms with van der Waals surface area (Å²) in [4.78, 5) is 24.4. The molecule has 0 radical (unpaired) electrons. The lowest BCUT2D eigenvalue weighted by molar-refractivity contribution is -0.122. The van der Waals surface area contributed by atoms with Crippen LogP contribution in [0.2, 0.25) is 0 Å². The van der Waals surface area contributed by atoms with Crippen LogP contribution in [-0.2, 0) is 23.1 Å². The molecule has 0 saturated carbocycles. The average Bonchev–Trinajstić information content (AvgIpc) is 3.02. The predicted molar refractivity (Wildman–Crippen MR) is 94.4 cm³/mol. The number of aryl methyl sites for hydroxylation is 2. The van der Waals surface area contributed by atoms with Gasteiger partial charge in [-0.1, -0.05) is 0 Å². The lowest BCUT2D eigenvalue weighted by Gasteiger charge is -2.15. The van der Waals surface area contributed by atoms with Crippen molar-refractivity contribution < 1.29 is 14.3 Å². The van der Waals surface area contributed by atoms with Gasteiger partial charge >= 0.3 is 5.97 Å². The first kappa shape index (κ1) is 18.8. The van der Waals surface area contributed by atoms with Gasteiger partial charge in [0.15, 0.2) is 0 Å². The molecule has 1 N–H and O–H groups in total. The number of amides is 1. The van der Waals surface area contributed by atoms with Gasteiger partial charge in [-0.3, -0.25) is 9.48 Å². The number of hydrogen-bond acceptors (Lipinski definition) is 4. The summed E-state index contributed by atoms with van der Waals surface area (Å²) >= 11 is 0. The molecule has 7 heteroatoms. The fraction of sp³-hybridized carbons (Fsp3) is 0.500. The minimum Gasteiger partial charge on any atom is -0.462 e. The number of carbonyl (C=O) groups is 2. The number of nitrogens with zero attached hydrogens (tertiary/aromatic N) is 3. The Hall–Kier alpha value is -2.57. The molecular weight excluding hydrogens is 320 g/mol. The van der Waals surface area contributed by atoms with E-state index in [0.29, 0.717) is 12.2 Å². The molecule has 2 rings (SSSR count). The number of hydrogen-bond donors (Lipinski definition) is 1. The van der Waals surface area contributed by atoms with Gasteiger partial charge in [-0.05, 0) is 40.7 Å². The molecule has 136 valence electrons. The van der Waals surface area contributed by atoms with Crippen molar-refractivity contribution in [2.45, 2.75) is 47.2 Å². The first-order valence-corrected chi connectivity index (χ1v) is 8.37. The summed E-state index contributed by atoms with van der Waals surface area (Å²) in [5.74, 6) is -0.477. The molecule has 0 aliphatic carbocycles. The van der Waals surface area contributed by atoms with E-state index in [2.05, 4.69) is 10.4 Å². The van der Waals surface area contributed by atoms with Crippen molar-refractivity contribution >= 4 is 11.9 Å². The van der Waals surface area contributed by atoms with E-state index in [1.165, 1.54) is 0 Å². The van der Waals surface area contributed by atoms with Gasteiger partial charge in [0.2, 0.25) is 5.91 Å². The smallest absolute Gasteiger partial charge is 0.339 e. The lowest BCUT2D eigenvalue weighted by atomic mass is 10.1. The van der Waals surface area contributed by atoms with Crippen LogP contribution in [0.4, 0.5) is 0 Å². The maximum Gasteiger partial charge on any atom is 0.339 e. The predicted octanol–water partition coefficient (Wildman–Crippen LogP) is 2.20. The van der Waals surface area contributed by atoms with E-state index < -0.39 is 0 Å². The normalized spacial score (nSPS) is 12.1. The molecule has 0 aromatic carbocycles. The highest BCUT2D eigenvalue weighted by Crippen LogP contribution is 2.18. The molecule has 0 aliphatic heterocycles. The zero-order valence-electron chi connectivity index (χ0n) is 15.7. The highest BCUT2D eigenvalue weighted by molar-refractivity contribution is 5.91.